The van der Waals surface area contributed by atoms with Gasteiger partial charge >= 0.3 is 6.09 Å². The van der Waals surface area contributed by atoms with E-state index in [2.05, 4.69) is 50.9 Å². The molecule has 0 radical (unpaired) electrons. The Bertz CT molecular complexity index is 1140. The topological polar surface area (TPSA) is 86.8 Å². The zero-order valence-electron chi connectivity index (χ0n) is 17.4. The lowest BCUT2D eigenvalue weighted by Crippen LogP contribution is -2.34. The van der Waals surface area contributed by atoms with E-state index in [4.69, 9.17) is 4.74 Å². The number of rotatable bonds is 5. The third-order valence-corrected chi connectivity index (χ3v) is 7.34. The highest BCUT2D eigenvalue weighted by molar-refractivity contribution is 8.00. The number of thioether (sulfide) groups is 1. The van der Waals surface area contributed by atoms with Crippen molar-refractivity contribution >= 4 is 47.2 Å². The molecule has 4 aliphatic rings. The molecule has 0 bridgehead atoms. The van der Waals surface area contributed by atoms with Gasteiger partial charge in [-0.2, -0.15) is 0 Å². The second kappa shape index (κ2) is 7.83. The molecule has 9 heteroatoms. The van der Waals surface area contributed by atoms with Gasteiger partial charge < -0.3 is 20.3 Å². The van der Waals surface area contributed by atoms with E-state index in [1.807, 2.05) is 6.07 Å². The van der Waals surface area contributed by atoms with Gasteiger partial charge in [-0.25, -0.2) is 9.78 Å². The molecular weight excluding hydrogens is 426 g/mol. The van der Waals surface area contributed by atoms with Crippen LogP contribution in [0.15, 0.2) is 41.3 Å². The van der Waals surface area contributed by atoms with Gasteiger partial charge in [0.25, 0.3) is 0 Å². The van der Waals surface area contributed by atoms with E-state index in [1.165, 1.54) is 33.5 Å². The van der Waals surface area contributed by atoms with Crippen molar-refractivity contribution in [2.75, 3.05) is 53.6 Å². The molecule has 0 aliphatic carbocycles. The first-order valence-electron chi connectivity index (χ1n) is 10.8. The number of para-hydroxylation sites is 1. The van der Waals surface area contributed by atoms with Crippen LogP contribution in [0.1, 0.15) is 17.0 Å². The van der Waals surface area contributed by atoms with Gasteiger partial charge in [-0.05, 0) is 23.3 Å². The molecule has 32 heavy (non-hydrogen) atoms. The second-order valence-corrected chi connectivity index (χ2v) is 9.43. The summed E-state index contributed by atoms with van der Waals surface area (Å²) in [7, 11) is 0. The van der Waals surface area contributed by atoms with E-state index < -0.39 is 6.09 Å². The summed E-state index contributed by atoms with van der Waals surface area (Å²) >= 11 is 1.45. The highest BCUT2D eigenvalue weighted by Gasteiger charge is 2.35. The van der Waals surface area contributed by atoms with Gasteiger partial charge in [-0.1, -0.05) is 30.4 Å². The lowest BCUT2D eigenvalue weighted by atomic mass is 9.98. The summed E-state index contributed by atoms with van der Waals surface area (Å²) < 4.78 is 5.57. The number of nitrogens with one attached hydrogen (secondary N) is 2. The van der Waals surface area contributed by atoms with Crippen molar-refractivity contribution in [3.05, 3.63) is 47.5 Å². The lowest BCUT2D eigenvalue weighted by Gasteiger charge is -2.23. The van der Waals surface area contributed by atoms with E-state index >= 15 is 0 Å². The number of anilines is 3. The standard InChI is InChI=1S/C23H23N5O3S/c29-20-13-32-18-6-7-19(25-22(18)26-20)28-12-16(31-23(28)30)10-24-9-15-11-27-8-2-4-14-3-1-5-17(15)21(14)27/h1-7,15-16,24H,8-13H2,(H,25,26,29)/t15?,16-/m0/s1. The van der Waals surface area contributed by atoms with E-state index in [0.29, 0.717) is 36.4 Å². The molecule has 2 atom stereocenters. The molecule has 164 valence electrons. The SMILES string of the molecule is O=C1CSc2ccc(N3C[C@H](CNCC4CN5CC=Cc6cccc4c65)OC3=O)nc2N1. The first-order chi connectivity index (χ1) is 15.7. The number of pyridine rings is 1. The lowest BCUT2D eigenvalue weighted by molar-refractivity contribution is -0.113. The van der Waals surface area contributed by atoms with Gasteiger partial charge in [-0.3, -0.25) is 9.69 Å². The molecule has 4 aliphatic heterocycles. The molecule has 2 amide bonds. The predicted molar refractivity (Wildman–Crippen MR) is 125 cm³/mol. The van der Waals surface area contributed by atoms with E-state index in [1.54, 1.807) is 6.07 Å². The Morgan fingerprint density at radius 1 is 1.19 bits per heavy atom. The third kappa shape index (κ3) is 3.41. The number of cyclic esters (lactones) is 1. The maximum absolute atomic E-state index is 12.5. The number of amides is 2. The third-order valence-electron chi connectivity index (χ3n) is 6.29. The first-order valence-corrected chi connectivity index (χ1v) is 11.8. The fraction of sp³-hybridized carbons (Fsp3) is 0.348. The summed E-state index contributed by atoms with van der Waals surface area (Å²) in [5, 5.41) is 6.28. The smallest absolute Gasteiger partial charge is 0.416 e. The maximum Gasteiger partial charge on any atom is 0.416 e. The van der Waals surface area contributed by atoms with E-state index in [-0.39, 0.29) is 12.0 Å². The molecule has 1 aromatic carbocycles. The molecule has 5 heterocycles. The minimum absolute atomic E-state index is 0.0801. The molecule has 0 spiro atoms. The fourth-order valence-corrected chi connectivity index (χ4v) is 5.61. The Morgan fingerprint density at radius 2 is 2.12 bits per heavy atom. The van der Waals surface area contributed by atoms with Gasteiger partial charge in [0.1, 0.15) is 17.7 Å². The number of carbonyl (C=O) groups is 2. The predicted octanol–water partition coefficient (Wildman–Crippen LogP) is 2.67. The van der Waals surface area contributed by atoms with Crippen molar-refractivity contribution in [3.63, 3.8) is 0 Å². The zero-order chi connectivity index (χ0) is 21.7. The Labute approximate surface area is 190 Å². The van der Waals surface area contributed by atoms with Gasteiger partial charge in [-0.15, -0.1) is 11.8 Å². The second-order valence-electron chi connectivity index (χ2n) is 8.42. The molecule has 2 N–H and O–H groups in total. The molecule has 6 rings (SSSR count). The average molecular weight is 450 g/mol. The fourth-order valence-electron chi connectivity index (χ4n) is 4.85. The van der Waals surface area contributed by atoms with Crippen LogP contribution in [0.4, 0.5) is 22.1 Å². The molecule has 1 saturated heterocycles. The minimum Gasteiger partial charge on any atom is -0.443 e. The molecule has 1 unspecified atom stereocenters. The summed E-state index contributed by atoms with van der Waals surface area (Å²) in [5.41, 5.74) is 4.05. The Balaban J connectivity index is 1.08. The number of nitrogens with zero attached hydrogens (tertiary/aromatic N) is 3. The van der Waals surface area contributed by atoms with Crippen LogP contribution in [0.25, 0.3) is 6.08 Å². The monoisotopic (exact) mass is 449 g/mol. The summed E-state index contributed by atoms with van der Waals surface area (Å²) in [5.74, 6) is 1.73. The van der Waals surface area contributed by atoms with Crippen molar-refractivity contribution in [3.8, 4) is 0 Å². The zero-order valence-corrected chi connectivity index (χ0v) is 18.2. The Hall–Kier alpha value is -3.04. The molecule has 1 fully saturated rings. The van der Waals surface area contributed by atoms with Gasteiger partial charge in [0.2, 0.25) is 5.91 Å². The molecule has 0 saturated carbocycles. The van der Waals surface area contributed by atoms with Crippen LogP contribution in [-0.4, -0.2) is 61.6 Å². The maximum atomic E-state index is 12.5. The summed E-state index contributed by atoms with van der Waals surface area (Å²) in [6, 6.07) is 10.2. The summed E-state index contributed by atoms with van der Waals surface area (Å²) in [6.07, 6.45) is 3.77. The summed E-state index contributed by atoms with van der Waals surface area (Å²) in [6.45, 7) is 3.82. The highest BCUT2D eigenvalue weighted by atomic mass is 32.2. The van der Waals surface area contributed by atoms with Crippen molar-refractivity contribution < 1.29 is 14.3 Å². The Kier molecular flexibility index (Phi) is 4.80. The molecule has 8 nitrogen and oxygen atoms in total. The number of carbonyl (C=O) groups excluding carboxylic acids is 2. The van der Waals surface area contributed by atoms with Gasteiger partial charge in [0.05, 0.1) is 17.2 Å². The normalized spacial score (nSPS) is 23.1. The highest BCUT2D eigenvalue weighted by Crippen LogP contribution is 2.40. The van der Waals surface area contributed by atoms with E-state index in [9.17, 15) is 9.59 Å². The van der Waals surface area contributed by atoms with Crippen LogP contribution in [0.3, 0.4) is 0 Å². The van der Waals surface area contributed by atoms with Crippen LogP contribution >= 0.6 is 11.8 Å². The number of hydrogen-bond acceptors (Lipinski definition) is 7. The number of benzene rings is 1. The summed E-state index contributed by atoms with van der Waals surface area (Å²) in [4.78, 5) is 33.5. The minimum atomic E-state index is -0.405. The van der Waals surface area contributed by atoms with Crippen molar-refractivity contribution in [1.29, 1.82) is 0 Å². The van der Waals surface area contributed by atoms with Gasteiger partial charge in [0, 0.05) is 37.8 Å². The largest absolute Gasteiger partial charge is 0.443 e. The number of ether oxygens (including phenoxy) is 1. The number of aromatic nitrogens is 1. The first kappa shape index (κ1) is 19.6. The van der Waals surface area contributed by atoms with Gasteiger partial charge in [0.15, 0.2) is 0 Å². The van der Waals surface area contributed by atoms with Crippen molar-refractivity contribution in [2.24, 2.45) is 0 Å². The van der Waals surface area contributed by atoms with Crippen LogP contribution in [0.2, 0.25) is 0 Å². The van der Waals surface area contributed by atoms with Crippen LogP contribution in [0.5, 0.6) is 0 Å². The van der Waals surface area contributed by atoms with Crippen LogP contribution in [-0.2, 0) is 9.53 Å². The van der Waals surface area contributed by atoms with Crippen LogP contribution in [0, 0.1) is 0 Å². The van der Waals surface area contributed by atoms with Crippen molar-refractivity contribution in [2.45, 2.75) is 16.9 Å². The average Bonchev–Trinajstić information content (AvgIpc) is 3.35. The molecule has 2 aromatic rings. The number of fused-ring (bicyclic) bond motifs is 1. The Morgan fingerprint density at radius 3 is 3.06 bits per heavy atom. The quantitative estimate of drug-likeness (QED) is 0.726. The van der Waals surface area contributed by atoms with Crippen LogP contribution < -0.4 is 20.4 Å². The van der Waals surface area contributed by atoms with E-state index in [0.717, 1.165) is 24.5 Å². The number of hydrogen-bond donors (Lipinski definition) is 2. The molecule has 1 aromatic heterocycles. The van der Waals surface area contributed by atoms with Crippen molar-refractivity contribution in [1.82, 2.24) is 10.3 Å². The molecular formula is C23H23N5O3S.